The molecule has 7 heteroatoms. The Morgan fingerprint density at radius 2 is 1.55 bits per heavy atom. The Labute approximate surface area is 182 Å². The van der Waals surface area contributed by atoms with Crippen molar-refractivity contribution in [3.05, 3.63) is 71.3 Å². The van der Waals surface area contributed by atoms with Gasteiger partial charge in [-0.3, -0.25) is 14.6 Å². The van der Waals surface area contributed by atoms with Crippen molar-refractivity contribution in [3.8, 4) is 0 Å². The standard InChI is InChI=1S/C24H29F2N3O2/c25-20-7-3-18(4-8-20)24(19-5-9-21(26)10-6-19)29-13-11-28(12-14-29)17-23(30)27-16-22-2-1-15-31-22/h3-10,22,24H,1-2,11-17H2,(H,27,30). The molecule has 0 aliphatic carbocycles. The van der Waals surface area contributed by atoms with Crippen molar-refractivity contribution >= 4 is 5.91 Å². The number of rotatable bonds is 7. The van der Waals surface area contributed by atoms with Crippen molar-refractivity contribution in [2.75, 3.05) is 45.9 Å². The maximum Gasteiger partial charge on any atom is 0.234 e. The van der Waals surface area contributed by atoms with E-state index < -0.39 is 0 Å². The summed E-state index contributed by atoms with van der Waals surface area (Å²) < 4.78 is 32.5. The molecule has 0 radical (unpaired) electrons. The van der Waals surface area contributed by atoms with Gasteiger partial charge in [-0.05, 0) is 48.2 Å². The lowest BCUT2D eigenvalue weighted by Crippen LogP contribution is -2.50. The summed E-state index contributed by atoms with van der Waals surface area (Å²) in [5.41, 5.74) is 1.94. The minimum absolute atomic E-state index is 0.0255. The van der Waals surface area contributed by atoms with Crippen molar-refractivity contribution in [3.63, 3.8) is 0 Å². The van der Waals surface area contributed by atoms with Gasteiger partial charge in [0.05, 0.1) is 18.7 Å². The molecule has 1 amide bonds. The third kappa shape index (κ3) is 5.87. The topological polar surface area (TPSA) is 44.8 Å². The molecule has 166 valence electrons. The predicted octanol–water partition coefficient (Wildman–Crippen LogP) is 2.97. The van der Waals surface area contributed by atoms with Gasteiger partial charge in [-0.1, -0.05) is 24.3 Å². The smallest absolute Gasteiger partial charge is 0.234 e. The Morgan fingerprint density at radius 3 is 2.06 bits per heavy atom. The molecule has 1 atom stereocenters. The molecule has 4 rings (SSSR count). The Bertz CT molecular complexity index is 801. The van der Waals surface area contributed by atoms with Crippen LogP contribution in [0.15, 0.2) is 48.5 Å². The molecule has 2 saturated heterocycles. The van der Waals surface area contributed by atoms with Crippen LogP contribution >= 0.6 is 0 Å². The van der Waals surface area contributed by atoms with Crippen LogP contribution in [0.3, 0.4) is 0 Å². The van der Waals surface area contributed by atoms with E-state index in [4.69, 9.17) is 4.74 Å². The second-order valence-electron chi connectivity index (χ2n) is 8.26. The molecule has 2 aliphatic rings. The zero-order chi connectivity index (χ0) is 21.6. The zero-order valence-electron chi connectivity index (χ0n) is 17.6. The highest BCUT2D eigenvalue weighted by Crippen LogP contribution is 2.30. The van der Waals surface area contributed by atoms with Crippen molar-refractivity contribution in [2.45, 2.75) is 25.0 Å². The molecule has 2 heterocycles. The highest BCUT2D eigenvalue weighted by atomic mass is 19.1. The highest BCUT2D eigenvalue weighted by Gasteiger charge is 2.27. The second-order valence-corrected chi connectivity index (χ2v) is 8.26. The lowest BCUT2D eigenvalue weighted by atomic mass is 9.96. The van der Waals surface area contributed by atoms with Gasteiger partial charge in [-0.15, -0.1) is 0 Å². The van der Waals surface area contributed by atoms with E-state index in [1.165, 1.54) is 24.3 Å². The first-order valence-corrected chi connectivity index (χ1v) is 10.9. The quantitative estimate of drug-likeness (QED) is 0.735. The van der Waals surface area contributed by atoms with E-state index in [1.807, 2.05) is 0 Å². The Hall–Kier alpha value is -2.35. The summed E-state index contributed by atoms with van der Waals surface area (Å²) >= 11 is 0. The van der Waals surface area contributed by atoms with Crippen molar-refractivity contribution in [2.24, 2.45) is 0 Å². The SMILES string of the molecule is O=C(CN1CCN(C(c2ccc(F)cc2)c2ccc(F)cc2)CC1)NCC1CCCO1. The largest absolute Gasteiger partial charge is 0.376 e. The van der Waals surface area contributed by atoms with Crippen molar-refractivity contribution in [1.29, 1.82) is 0 Å². The van der Waals surface area contributed by atoms with Gasteiger partial charge < -0.3 is 10.1 Å². The summed E-state index contributed by atoms with van der Waals surface area (Å²) in [7, 11) is 0. The van der Waals surface area contributed by atoms with Crippen LogP contribution in [0.5, 0.6) is 0 Å². The van der Waals surface area contributed by atoms with Crippen LogP contribution in [0, 0.1) is 11.6 Å². The Balaban J connectivity index is 1.36. The van der Waals surface area contributed by atoms with E-state index in [0.717, 1.165) is 56.8 Å². The van der Waals surface area contributed by atoms with Crippen LogP contribution in [0.4, 0.5) is 8.78 Å². The van der Waals surface area contributed by atoms with E-state index in [9.17, 15) is 13.6 Å². The summed E-state index contributed by atoms with van der Waals surface area (Å²) in [4.78, 5) is 16.8. The molecule has 2 aromatic rings. The summed E-state index contributed by atoms with van der Waals surface area (Å²) in [6.45, 7) is 4.77. The third-order valence-corrected chi connectivity index (χ3v) is 6.06. The Kier molecular flexibility index (Phi) is 7.27. The number of hydrogen-bond acceptors (Lipinski definition) is 4. The van der Waals surface area contributed by atoms with Gasteiger partial charge in [-0.25, -0.2) is 8.78 Å². The number of carbonyl (C=O) groups is 1. The van der Waals surface area contributed by atoms with Gasteiger partial charge in [0.25, 0.3) is 0 Å². The van der Waals surface area contributed by atoms with Crippen LogP contribution < -0.4 is 5.32 Å². The molecule has 2 fully saturated rings. The molecule has 2 aliphatic heterocycles. The summed E-state index contributed by atoms with van der Waals surface area (Å²) in [5.74, 6) is -0.529. The highest BCUT2D eigenvalue weighted by molar-refractivity contribution is 5.78. The van der Waals surface area contributed by atoms with Crippen LogP contribution in [0.2, 0.25) is 0 Å². The third-order valence-electron chi connectivity index (χ3n) is 6.06. The fourth-order valence-corrected chi connectivity index (χ4v) is 4.38. The first-order valence-electron chi connectivity index (χ1n) is 10.9. The van der Waals surface area contributed by atoms with Gasteiger partial charge >= 0.3 is 0 Å². The molecular weight excluding hydrogens is 400 g/mol. The number of benzene rings is 2. The molecule has 0 bridgehead atoms. The molecule has 1 unspecified atom stereocenters. The number of halogens is 2. The Morgan fingerprint density at radius 1 is 0.968 bits per heavy atom. The minimum atomic E-state index is -0.277. The average molecular weight is 430 g/mol. The van der Waals surface area contributed by atoms with Gasteiger partial charge in [0.15, 0.2) is 0 Å². The van der Waals surface area contributed by atoms with Crippen molar-refractivity contribution < 1.29 is 18.3 Å². The molecule has 5 nitrogen and oxygen atoms in total. The van der Waals surface area contributed by atoms with Crippen molar-refractivity contribution in [1.82, 2.24) is 15.1 Å². The van der Waals surface area contributed by atoms with E-state index in [0.29, 0.717) is 13.1 Å². The van der Waals surface area contributed by atoms with E-state index in [-0.39, 0.29) is 29.7 Å². The van der Waals surface area contributed by atoms with Crippen LogP contribution in [0.1, 0.15) is 30.0 Å². The molecule has 0 aromatic heterocycles. The lowest BCUT2D eigenvalue weighted by molar-refractivity contribution is -0.123. The monoisotopic (exact) mass is 429 g/mol. The number of ether oxygens (including phenoxy) is 1. The summed E-state index contributed by atoms with van der Waals surface area (Å²) in [5, 5.41) is 2.98. The molecular formula is C24H29F2N3O2. The number of carbonyl (C=O) groups excluding carboxylic acids is 1. The molecule has 2 aromatic carbocycles. The maximum atomic E-state index is 13.5. The molecule has 0 saturated carbocycles. The molecule has 31 heavy (non-hydrogen) atoms. The number of hydrogen-bond donors (Lipinski definition) is 1. The van der Waals surface area contributed by atoms with Gasteiger partial charge in [0, 0.05) is 39.3 Å². The normalized spacial score (nSPS) is 20.3. The van der Waals surface area contributed by atoms with E-state index >= 15 is 0 Å². The fourth-order valence-electron chi connectivity index (χ4n) is 4.38. The molecule has 1 N–H and O–H groups in total. The summed E-state index contributed by atoms with van der Waals surface area (Å²) in [6, 6.07) is 12.9. The van der Waals surface area contributed by atoms with Crippen LogP contribution in [0.25, 0.3) is 0 Å². The minimum Gasteiger partial charge on any atom is -0.376 e. The lowest BCUT2D eigenvalue weighted by Gasteiger charge is -2.39. The zero-order valence-corrected chi connectivity index (χ0v) is 17.6. The molecule has 0 spiro atoms. The number of nitrogens with one attached hydrogen (secondary N) is 1. The predicted molar refractivity (Wildman–Crippen MR) is 115 cm³/mol. The van der Waals surface area contributed by atoms with Crippen LogP contribution in [-0.2, 0) is 9.53 Å². The van der Waals surface area contributed by atoms with Gasteiger partial charge in [0.2, 0.25) is 5.91 Å². The average Bonchev–Trinajstić information content (AvgIpc) is 3.30. The fraction of sp³-hybridized carbons (Fsp3) is 0.458. The second kappa shape index (κ2) is 10.3. The van der Waals surface area contributed by atoms with Gasteiger partial charge in [0.1, 0.15) is 11.6 Å². The van der Waals surface area contributed by atoms with Gasteiger partial charge in [-0.2, -0.15) is 0 Å². The van der Waals surface area contributed by atoms with E-state index in [2.05, 4.69) is 15.1 Å². The van der Waals surface area contributed by atoms with E-state index in [1.54, 1.807) is 24.3 Å². The maximum absolute atomic E-state index is 13.5. The summed E-state index contributed by atoms with van der Waals surface area (Å²) in [6.07, 6.45) is 2.21. The van der Waals surface area contributed by atoms with Crippen LogP contribution in [-0.4, -0.2) is 67.7 Å². The first kappa shape index (κ1) is 21.9. The number of piperazine rings is 1. The first-order chi connectivity index (χ1) is 15.1. The number of amides is 1. The number of nitrogens with zero attached hydrogens (tertiary/aromatic N) is 2.